The number of benzene rings is 4. The molecule has 0 aliphatic heterocycles. The number of hydrogen-bond donors (Lipinski definition) is 0. The molecule has 0 spiro atoms. The summed E-state index contributed by atoms with van der Waals surface area (Å²) in [5, 5.41) is 20.6. The molecule has 1 aliphatic carbocycles. The largest absolute Gasteiger partial charge is 0.497 e. The Morgan fingerprint density at radius 3 is 2.04 bits per heavy atom. The van der Waals surface area contributed by atoms with E-state index in [1.807, 2.05) is 99.7 Å². The lowest BCUT2D eigenvalue weighted by Gasteiger charge is -2.24. The molecule has 0 bridgehead atoms. The Hall–Kier alpha value is -5.06. The van der Waals surface area contributed by atoms with Crippen LogP contribution in [-0.2, 0) is 0 Å². The normalized spacial score (nSPS) is 13.1. The topological polar surface area (TPSA) is 60.0 Å². The van der Waals surface area contributed by atoms with Crippen molar-refractivity contribution in [1.29, 1.82) is 10.5 Å². The number of methoxy groups -OCH3 is 1. The van der Waals surface area contributed by atoms with Gasteiger partial charge in [-0.1, -0.05) is 111 Å². The van der Waals surface area contributed by atoms with Gasteiger partial charge in [0.1, 0.15) is 17.9 Å². The van der Waals surface area contributed by atoms with Crippen LogP contribution in [0, 0.1) is 29.6 Å². The van der Waals surface area contributed by atoms with Gasteiger partial charge in [-0.05, 0) is 80.5 Å². The highest BCUT2D eigenvalue weighted by Crippen LogP contribution is 2.28. The summed E-state index contributed by atoms with van der Waals surface area (Å²) in [6.07, 6.45) is 17.4. The van der Waals surface area contributed by atoms with Gasteiger partial charge >= 0.3 is 0 Å². The molecule has 236 valence electrons. The second-order valence-corrected chi connectivity index (χ2v) is 11.2. The van der Waals surface area contributed by atoms with Crippen LogP contribution in [0.2, 0.25) is 0 Å². The highest BCUT2D eigenvalue weighted by atomic mass is 16.5. The van der Waals surface area contributed by atoms with Gasteiger partial charge in [-0.2, -0.15) is 10.5 Å². The monoisotopic (exact) mass is 609 g/mol. The minimum atomic E-state index is 0.374. The van der Waals surface area contributed by atoms with E-state index in [0.717, 1.165) is 33.2 Å². The van der Waals surface area contributed by atoms with Crippen molar-refractivity contribution in [3.8, 4) is 17.9 Å². The summed E-state index contributed by atoms with van der Waals surface area (Å²) in [6, 6.07) is 30.7. The maximum atomic E-state index is 9.58. The van der Waals surface area contributed by atoms with Crippen molar-refractivity contribution in [2.24, 2.45) is 0 Å². The number of fused-ring (bicyclic) bond motifs is 1. The van der Waals surface area contributed by atoms with Gasteiger partial charge < -0.3 is 9.64 Å². The number of nitrogens with zero attached hydrogens (tertiary/aromatic N) is 3. The SMILES string of the molecule is CC.COc1ccc(N(C)C(C)/C=C\C=C2CCCCC2)cc1.Cc1ccc2c(C#N)c(/C=C/c3ccccc3)ccc2c1C#N. The van der Waals surface area contributed by atoms with Crippen LogP contribution in [-0.4, -0.2) is 20.2 Å². The lowest BCUT2D eigenvalue weighted by molar-refractivity contribution is 0.415. The Labute approximate surface area is 276 Å². The van der Waals surface area contributed by atoms with E-state index in [9.17, 15) is 10.5 Å². The van der Waals surface area contributed by atoms with E-state index in [4.69, 9.17) is 4.74 Å². The van der Waals surface area contributed by atoms with Crippen molar-refractivity contribution in [2.45, 2.75) is 65.8 Å². The first-order chi connectivity index (χ1) is 22.4. The lowest BCUT2D eigenvalue weighted by Crippen LogP contribution is -2.26. The molecule has 0 N–H and O–H groups in total. The summed E-state index contributed by atoms with van der Waals surface area (Å²) in [5.74, 6) is 0.900. The molecule has 1 saturated carbocycles. The minimum absolute atomic E-state index is 0.374. The second kappa shape index (κ2) is 18.7. The standard InChI is InChI=1S/C21H14N2.C19H27NO.C2H6/c1-15-7-11-19-18(20(15)13-22)12-10-17(21(19)14-23)9-8-16-5-3-2-4-6-16;1-16(8-7-11-17-9-5-4-6-10-17)20(2)18-12-14-19(21-3)15-13-18;1-2/h2-12H,1H3;7-8,11-16H,4-6,9-10H2,1-3H3;1-2H3/b9-8+;8-7-;. The zero-order valence-electron chi connectivity index (χ0n) is 28.3. The Morgan fingerprint density at radius 1 is 0.783 bits per heavy atom. The molecule has 0 aromatic heterocycles. The number of rotatable bonds is 7. The Kier molecular flexibility index (Phi) is 14.4. The van der Waals surface area contributed by atoms with Crippen molar-refractivity contribution in [2.75, 3.05) is 19.1 Å². The van der Waals surface area contributed by atoms with Crippen molar-refractivity contribution < 1.29 is 4.74 Å². The van der Waals surface area contributed by atoms with Gasteiger partial charge in [0.05, 0.1) is 18.2 Å². The van der Waals surface area contributed by atoms with E-state index in [0.29, 0.717) is 17.2 Å². The molecule has 0 heterocycles. The van der Waals surface area contributed by atoms with Gasteiger partial charge in [0.15, 0.2) is 0 Å². The number of allylic oxidation sites excluding steroid dienone is 3. The maximum absolute atomic E-state index is 9.58. The Balaban J connectivity index is 0.000000239. The van der Waals surface area contributed by atoms with Gasteiger partial charge in [-0.15, -0.1) is 0 Å². The predicted octanol–water partition coefficient (Wildman–Crippen LogP) is 11.1. The summed E-state index contributed by atoms with van der Waals surface area (Å²) in [5.41, 5.74) is 6.92. The van der Waals surface area contributed by atoms with Crippen LogP contribution < -0.4 is 9.64 Å². The maximum Gasteiger partial charge on any atom is 0.119 e. The zero-order valence-corrected chi connectivity index (χ0v) is 28.3. The van der Waals surface area contributed by atoms with Gasteiger partial charge in [0.2, 0.25) is 0 Å². The van der Waals surface area contributed by atoms with Crippen molar-refractivity contribution in [3.63, 3.8) is 0 Å². The summed E-state index contributed by atoms with van der Waals surface area (Å²) in [7, 11) is 3.83. The molecule has 1 atom stereocenters. The third-order valence-corrected chi connectivity index (χ3v) is 8.23. The van der Waals surface area contributed by atoms with E-state index in [-0.39, 0.29) is 0 Å². The molecule has 4 heteroatoms. The first-order valence-corrected chi connectivity index (χ1v) is 16.3. The van der Waals surface area contributed by atoms with Crippen LogP contribution in [0.5, 0.6) is 5.75 Å². The van der Waals surface area contributed by atoms with Crippen molar-refractivity contribution in [3.05, 3.63) is 130 Å². The molecule has 4 aromatic carbocycles. The van der Waals surface area contributed by atoms with Gasteiger partial charge in [-0.3, -0.25) is 0 Å². The molecular weight excluding hydrogens is 562 g/mol. The molecule has 0 saturated heterocycles. The number of nitriles is 2. The summed E-state index contributed by atoms with van der Waals surface area (Å²) in [6.45, 7) is 8.13. The molecule has 0 radical (unpaired) electrons. The number of ether oxygens (including phenoxy) is 1. The zero-order chi connectivity index (χ0) is 33.3. The fraction of sp³-hybridized carbons (Fsp3) is 0.286. The quantitative estimate of drug-likeness (QED) is 0.196. The smallest absolute Gasteiger partial charge is 0.119 e. The number of aryl methyl sites for hydroxylation is 1. The van der Waals surface area contributed by atoms with Gasteiger partial charge in [0, 0.05) is 29.5 Å². The second-order valence-electron chi connectivity index (χ2n) is 11.2. The molecule has 4 nitrogen and oxygen atoms in total. The fourth-order valence-corrected chi connectivity index (χ4v) is 5.40. The molecule has 46 heavy (non-hydrogen) atoms. The molecular formula is C42H47N3O. The number of hydrogen-bond acceptors (Lipinski definition) is 4. The molecule has 1 aliphatic rings. The molecule has 0 amide bonds. The minimum Gasteiger partial charge on any atom is -0.497 e. The summed E-state index contributed by atoms with van der Waals surface area (Å²) in [4.78, 5) is 2.27. The molecule has 1 unspecified atom stereocenters. The van der Waals surface area contributed by atoms with Crippen LogP contribution in [0.1, 0.15) is 80.7 Å². The molecule has 4 aromatic rings. The predicted molar refractivity (Wildman–Crippen MR) is 196 cm³/mol. The molecule has 1 fully saturated rings. The van der Waals surface area contributed by atoms with Crippen LogP contribution in [0.15, 0.2) is 103 Å². The van der Waals surface area contributed by atoms with E-state index in [1.165, 1.54) is 37.8 Å². The number of anilines is 1. The first kappa shape index (κ1) is 35.4. The van der Waals surface area contributed by atoms with Crippen LogP contribution in [0.4, 0.5) is 5.69 Å². The third-order valence-electron chi connectivity index (χ3n) is 8.23. The highest BCUT2D eigenvalue weighted by molar-refractivity contribution is 5.96. The highest BCUT2D eigenvalue weighted by Gasteiger charge is 2.11. The van der Waals surface area contributed by atoms with Crippen LogP contribution in [0.25, 0.3) is 22.9 Å². The van der Waals surface area contributed by atoms with Gasteiger partial charge in [0.25, 0.3) is 0 Å². The Morgan fingerprint density at radius 2 is 1.41 bits per heavy atom. The van der Waals surface area contributed by atoms with Crippen molar-refractivity contribution >= 4 is 28.6 Å². The summed E-state index contributed by atoms with van der Waals surface area (Å²) < 4.78 is 5.20. The lowest BCUT2D eigenvalue weighted by atomic mass is 9.94. The third kappa shape index (κ3) is 9.72. The van der Waals surface area contributed by atoms with Gasteiger partial charge in [-0.25, -0.2) is 0 Å². The van der Waals surface area contributed by atoms with E-state index in [2.05, 4.69) is 61.4 Å². The van der Waals surface area contributed by atoms with E-state index >= 15 is 0 Å². The molecule has 5 rings (SSSR count). The first-order valence-electron chi connectivity index (χ1n) is 16.3. The number of likely N-dealkylation sites (N-methyl/N-ethyl adjacent to an activating group) is 1. The van der Waals surface area contributed by atoms with Crippen LogP contribution >= 0.6 is 0 Å². The van der Waals surface area contributed by atoms with Crippen LogP contribution in [0.3, 0.4) is 0 Å². The average molecular weight is 610 g/mol. The van der Waals surface area contributed by atoms with E-state index in [1.54, 1.807) is 12.7 Å². The Bertz CT molecular complexity index is 1710. The van der Waals surface area contributed by atoms with Crippen molar-refractivity contribution in [1.82, 2.24) is 0 Å². The average Bonchev–Trinajstić information content (AvgIpc) is 3.12. The fourth-order valence-electron chi connectivity index (χ4n) is 5.40. The van der Waals surface area contributed by atoms with E-state index < -0.39 is 0 Å². The summed E-state index contributed by atoms with van der Waals surface area (Å²) >= 11 is 0.